The van der Waals surface area contributed by atoms with E-state index in [-0.39, 0.29) is 0 Å². The molecule has 0 aliphatic heterocycles. The van der Waals surface area contributed by atoms with Gasteiger partial charge in [0.25, 0.3) is 0 Å². The topological polar surface area (TPSA) is 29.9 Å². The lowest BCUT2D eigenvalue weighted by molar-refractivity contribution is 0.609. The SMILES string of the molecule is CNCC(Cc1ccn(C)n1)c1ccc(C)cc1. The van der Waals surface area contributed by atoms with Gasteiger partial charge in [0.15, 0.2) is 0 Å². The zero-order valence-electron chi connectivity index (χ0n) is 11.4. The summed E-state index contributed by atoms with van der Waals surface area (Å²) in [5.74, 6) is 0.477. The first-order valence-corrected chi connectivity index (χ1v) is 6.38. The molecule has 0 saturated carbocycles. The van der Waals surface area contributed by atoms with Crippen molar-refractivity contribution in [3.05, 3.63) is 53.3 Å². The fraction of sp³-hybridized carbons (Fsp3) is 0.400. The Balaban J connectivity index is 2.14. The molecule has 18 heavy (non-hydrogen) atoms. The second-order valence-corrected chi connectivity index (χ2v) is 4.85. The Labute approximate surface area is 109 Å². The Kier molecular flexibility index (Phi) is 4.15. The van der Waals surface area contributed by atoms with Gasteiger partial charge in [-0.2, -0.15) is 5.10 Å². The van der Waals surface area contributed by atoms with Gasteiger partial charge in [-0.25, -0.2) is 0 Å². The fourth-order valence-electron chi connectivity index (χ4n) is 2.22. The second-order valence-electron chi connectivity index (χ2n) is 4.85. The van der Waals surface area contributed by atoms with Crippen molar-refractivity contribution in [2.45, 2.75) is 19.3 Å². The number of benzene rings is 1. The molecule has 0 fully saturated rings. The molecule has 1 atom stereocenters. The molecule has 1 unspecified atom stereocenters. The van der Waals surface area contributed by atoms with Gasteiger partial charge in [-0.15, -0.1) is 0 Å². The number of aromatic nitrogens is 2. The van der Waals surface area contributed by atoms with Crippen LogP contribution in [0, 0.1) is 6.92 Å². The van der Waals surface area contributed by atoms with Crippen LogP contribution in [0.2, 0.25) is 0 Å². The van der Waals surface area contributed by atoms with E-state index in [0.29, 0.717) is 5.92 Å². The predicted octanol–water partition coefficient (Wildman–Crippen LogP) is 2.27. The Hall–Kier alpha value is -1.61. The van der Waals surface area contributed by atoms with Crippen LogP contribution in [-0.4, -0.2) is 23.4 Å². The summed E-state index contributed by atoms with van der Waals surface area (Å²) >= 11 is 0. The van der Waals surface area contributed by atoms with E-state index < -0.39 is 0 Å². The van der Waals surface area contributed by atoms with E-state index in [1.54, 1.807) is 0 Å². The molecule has 0 bridgehead atoms. The maximum absolute atomic E-state index is 4.46. The summed E-state index contributed by atoms with van der Waals surface area (Å²) in [6.45, 7) is 3.09. The van der Waals surface area contributed by atoms with Crippen molar-refractivity contribution in [2.75, 3.05) is 13.6 Å². The van der Waals surface area contributed by atoms with E-state index in [9.17, 15) is 0 Å². The standard InChI is InChI=1S/C15H21N3/c1-12-4-6-13(7-5-12)14(11-16-2)10-15-8-9-18(3)17-15/h4-9,14,16H,10-11H2,1-3H3. The van der Waals surface area contributed by atoms with Crippen molar-refractivity contribution < 1.29 is 0 Å². The highest BCUT2D eigenvalue weighted by Gasteiger charge is 2.12. The Morgan fingerprint density at radius 1 is 1.22 bits per heavy atom. The predicted molar refractivity (Wildman–Crippen MR) is 74.8 cm³/mol. The molecule has 96 valence electrons. The van der Waals surface area contributed by atoms with Gasteiger partial charge in [-0.05, 0) is 32.0 Å². The minimum absolute atomic E-state index is 0.477. The first-order chi connectivity index (χ1) is 8.69. The number of rotatable bonds is 5. The van der Waals surface area contributed by atoms with Gasteiger partial charge in [0.1, 0.15) is 0 Å². The van der Waals surface area contributed by atoms with Crippen LogP contribution in [0.5, 0.6) is 0 Å². The van der Waals surface area contributed by atoms with Crippen molar-refractivity contribution in [3.8, 4) is 0 Å². The van der Waals surface area contributed by atoms with E-state index in [1.807, 2.05) is 25.0 Å². The number of hydrogen-bond donors (Lipinski definition) is 1. The van der Waals surface area contributed by atoms with Gasteiger partial charge in [0.2, 0.25) is 0 Å². The zero-order valence-corrected chi connectivity index (χ0v) is 11.4. The van der Waals surface area contributed by atoms with Crippen LogP contribution >= 0.6 is 0 Å². The Morgan fingerprint density at radius 3 is 2.50 bits per heavy atom. The number of aryl methyl sites for hydroxylation is 2. The molecule has 0 saturated heterocycles. The molecule has 1 heterocycles. The molecule has 0 radical (unpaired) electrons. The molecular formula is C15H21N3. The number of hydrogen-bond acceptors (Lipinski definition) is 2. The average Bonchev–Trinajstić information content (AvgIpc) is 2.75. The molecular weight excluding hydrogens is 222 g/mol. The molecule has 0 spiro atoms. The van der Waals surface area contributed by atoms with Crippen LogP contribution in [0.3, 0.4) is 0 Å². The summed E-state index contributed by atoms with van der Waals surface area (Å²) in [7, 11) is 3.96. The van der Waals surface area contributed by atoms with Gasteiger partial charge >= 0.3 is 0 Å². The van der Waals surface area contributed by atoms with Crippen molar-refractivity contribution in [3.63, 3.8) is 0 Å². The van der Waals surface area contributed by atoms with E-state index >= 15 is 0 Å². The molecule has 0 aliphatic rings. The molecule has 1 N–H and O–H groups in total. The first kappa shape index (κ1) is 12.8. The van der Waals surface area contributed by atoms with Gasteiger partial charge in [-0.3, -0.25) is 4.68 Å². The highest BCUT2D eigenvalue weighted by Crippen LogP contribution is 2.20. The van der Waals surface area contributed by atoms with Gasteiger partial charge < -0.3 is 5.32 Å². The van der Waals surface area contributed by atoms with Crippen molar-refractivity contribution in [1.29, 1.82) is 0 Å². The van der Waals surface area contributed by atoms with Gasteiger partial charge in [0, 0.05) is 25.7 Å². The molecule has 3 nitrogen and oxygen atoms in total. The van der Waals surface area contributed by atoms with Crippen LogP contribution in [-0.2, 0) is 13.5 Å². The quantitative estimate of drug-likeness (QED) is 0.873. The molecule has 1 aromatic carbocycles. The second kappa shape index (κ2) is 5.83. The van der Waals surface area contributed by atoms with E-state index in [2.05, 4.69) is 47.7 Å². The molecule has 3 heteroatoms. The Morgan fingerprint density at radius 2 is 1.94 bits per heavy atom. The summed E-state index contributed by atoms with van der Waals surface area (Å²) in [5, 5.41) is 7.74. The summed E-state index contributed by atoms with van der Waals surface area (Å²) < 4.78 is 1.86. The number of nitrogens with one attached hydrogen (secondary N) is 1. The highest BCUT2D eigenvalue weighted by atomic mass is 15.2. The van der Waals surface area contributed by atoms with Crippen LogP contribution in [0.4, 0.5) is 0 Å². The molecule has 1 aromatic heterocycles. The molecule has 0 amide bonds. The minimum atomic E-state index is 0.477. The van der Waals surface area contributed by atoms with Crippen LogP contribution in [0.15, 0.2) is 36.5 Å². The summed E-state index contributed by atoms with van der Waals surface area (Å²) in [4.78, 5) is 0. The monoisotopic (exact) mass is 243 g/mol. The summed E-state index contributed by atoms with van der Waals surface area (Å²) in [5.41, 5.74) is 3.83. The van der Waals surface area contributed by atoms with E-state index in [0.717, 1.165) is 18.7 Å². The average molecular weight is 243 g/mol. The third-order valence-electron chi connectivity index (χ3n) is 3.22. The molecule has 0 aliphatic carbocycles. The maximum atomic E-state index is 4.46. The lowest BCUT2D eigenvalue weighted by atomic mass is 9.93. The smallest absolute Gasteiger partial charge is 0.0631 e. The minimum Gasteiger partial charge on any atom is -0.319 e. The summed E-state index contributed by atoms with van der Waals surface area (Å²) in [6, 6.07) is 10.9. The van der Waals surface area contributed by atoms with Crippen LogP contribution < -0.4 is 5.32 Å². The lowest BCUT2D eigenvalue weighted by Crippen LogP contribution is -2.19. The normalized spacial score (nSPS) is 12.6. The molecule has 2 aromatic rings. The third kappa shape index (κ3) is 3.20. The van der Waals surface area contributed by atoms with Crippen molar-refractivity contribution >= 4 is 0 Å². The number of nitrogens with zero attached hydrogens (tertiary/aromatic N) is 2. The maximum Gasteiger partial charge on any atom is 0.0631 e. The van der Waals surface area contributed by atoms with Crippen LogP contribution in [0.1, 0.15) is 22.7 Å². The van der Waals surface area contributed by atoms with E-state index in [4.69, 9.17) is 0 Å². The molecule has 2 rings (SSSR count). The first-order valence-electron chi connectivity index (χ1n) is 6.38. The van der Waals surface area contributed by atoms with Gasteiger partial charge in [0.05, 0.1) is 5.69 Å². The summed E-state index contributed by atoms with van der Waals surface area (Å²) in [6.07, 6.45) is 2.98. The highest BCUT2D eigenvalue weighted by molar-refractivity contribution is 5.26. The zero-order chi connectivity index (χ0) is 13.0. The van der Waals surface area contributed by atoms with Gasteiger partial charge in [-0.1, -0.05) is 29.8 Å². The third-order valence-corrected chi connectivity index (χ3v) is 3.22. The number of likely N-dealkylation sites (N-methyl/N-ethyl adjacent to an activating group) is 1. The largest absolute Gasteiger partial charge is 0.319 e. The van der Waals surface area contributed by atoms with Crippen LogP contribution in [0.25, 0.3) is 0 Å². The van der Waals surface area contributed by atoms with Crippen molar-refractivity contribution in [1.82, 2.24) is 15.1 Å². The lowest BCUT2D eigenvalue weighted by Gasteiger charge is -2.16. The van der Waals surface area contributed by atoms with Crippen molar-refractivity contribution in [2.24, 2.45) is 7.05 Å². The Bertz CT molecular complexity index is 485. The fourth-order valence-corrected chi connectivity index (χ4v) is 2.22. The van der Waals surface area contributed by atoms with E-state index in [1.165, 1.54) is 11.1 Å².